The fraction of sp³-hybridized carbons (Fsp3) is 0.500. The summed E-state index contributed by atoms with van der Waals surface area (Å²) < 4.78 is 22.3. The first-order valence-electron chi connectivity index (χ1n) is 6.06. The normalized spacial score (nSPS) is 18.8. The van der Waals surface area contributed by atoms with Gasteiger partial charge in [0.05, 0.1) is 4.90 Å². The number of anilines is 1. The van der Waals surface area contributed by atoms with E-state index in [1.54, 1.807) is 12.1 Å². The molecule has 6 heteroatoms. The van der Waals surface area contributed by atoms with Gasteiger partial charge in [-0.05, 0) is 37.1 Å². The van der Waals surface area contributed by atoms with Gasteiger partial charge in [-0.15, -0.1) is 0 Å². The summed E-state index contributed by atoms with van der Waals surface area (Å²) in [5, 5.41) is 8.48. The Kier molecular flexibility index (Phi) is 3.61. The number of nitrogens with two attached hydrogens (primary N) is 2. The van der Waals surface area contributed by atoms with Gasteiger partial charge in [0.25, 0.3) is 0 Å². The molecule has 0 aliphatic heterocycles. The molecule has 0 saturated heterocycles. The van der Waals surface area contributed by atoms with Crippen LogP contribution >= 0.6 is 0 Å². The maximum Gasteiger partial charge on any atom is 0.238 e. The number of hydrogen-bond acceptors (Lipinski definition) is 4. The van der Waals surface area contributed by atoms with Gasteiger partial charge in [0.2, 0.25) is 10.0 Å². The van der Waals surface area contributed by atoms with Gasteiger partial charge in [0, 0.05) is 17.8 Å². The molecule has 18 heavy (non-hydrogen) atoms. The zero-order chi connectivity index (χ0) is 13.2. The van der Waals surface area contributed by atoms with Gasteiger partial charge in [-0.2, -0.15) is 0 Å². The number of primary sulfonamides is 1. The van der Waals surface area contributed by atoms with Crippen LogP contribution in [-0.4, -0.2) is 20.5 Å². The Morgan fingerprint density at radius 1 is 1.17 bits per heavy atom. The van der Waals surface area contributed by atoms with E-state index in [4.69, 9.17) is 10.9 Å². The fourth-order valence-electron chi connectivity index (χ4n) is 2.47. The van der Waals surface area contributed by atoms with Crippen molar-refractivity contribution in [3.05, 3.63) is 24.3 Å². The SMILES string of the molecule is NCC1(Nc2ccc(S(N)(=O)=O)cc2)CCCC1. The van der Waals surface area contributed by atoms with E-state index in [9.17, 15) is 8.42 Å². The molecule has 0 heterocycles. The van der Waals surface area contributed by atoms with Gasteiger partial charge in [-0.25, -0.2) is 13.6 Å². The van der Waals surface area contributed by atoms with Crippen molar-refractivity contribution in [1.82, 2.24) is 0 Å². The highest BCUT2D eigenvalue weighted by atomic mass is 32.2. The average molecular weight is 269 g/mol. The third-order valence-electron chi connectivity index (χ3n) is 3.54. The second kappa shape index (κ2) is 4.87. The lowest BCUT2D eigenvalue weighted by atomic mass is 9.97. The third-order valence-corrected chi connectivity index (χ3v) is 4.47. The van der Waals surface area contributed by atoms with Crippen LogP contribution in [0.5, 0.6) is 0 Å². The highest BCUT2D eigenvalue weighted by Crippen LogP contribution is 2.32. The monoisotopic (exact) mass is 269 g/mol. The number of benzene rings is 1. The topological polar surface area (TPSA) is 98.2 Å². The van der Waals surface area contributed by atoms with Crippen LogP contribution in [0.25, 0.3) is 0 Å². The average Bonchev–Trinajstić information content (AvgIpc) is 2.78. The minimum atomic E-state index is -3.62. The molecule has 1 aromatic rings. The van der Waals surface area contributed by atoms with Gasteiger partial charge < -0.3 is 11.1 Å². The highest BCUT2D eigenvalue weighted by molar-refractivity contribution is 7.89. The summed E-state index contributed by atoms with van der Waals surface area (Å²) in [4.78, 5) is 0.126. The molecule has 0 atom stereocenters. The molecule has 0 aromatic heterocycles. The largest absolute Gasteiger partial charge is 0.378 e. The fourth-order valence-corrected chi connectivity index (χ4v) is 2.98. The van der Waals surface area contributed by atoms with Crippen molar-refractivity contribution >= 4 is 15.7 Å². The summed E-state index contributed by atoms with van der Waals surface area (Å²) in [5.41, 5.74) is 6.68. The quantitative estimate of drug-likeness (QED) is 0.760. The molecular weight excluding hydrogens is 250 g/mol. The molecule has 1 aliphatic carbocycles. The molecule has 1 aliphatic rings. The lowest BCUT2D eigenvalue weighted by Crippen LogP contribution is -2.42. The molecule has 0 radical (unpaired) electrons. The van der Waals surface area contributed by atoms with Crippen LogP contribution in [0.4, 0.5) is 5.69 Å². The first kappa shape index (κ1) is 13.3. The van der Waals surface area contributed by atoms with Gasteiger partial charge in [-0.1, -0.05) is 12.8 Å². The molecular formula is C12H19N3O2S. The van der Waals surface area contributed by atoms with E-state index < -0.39 is 10.0 Å². The standard InChI is InChI=1S/C12H19N3O2S/c13-9-12(7-1-2-8-12)15-10-3-5-11(6-4-10)18(14,16)17/h3-6,15H,1-2,7-9,13H2,(H2,14,16,17). The van der Waals surface area contributed by atoms with Crippen molar-refractivity contribution < 1.29 is 8.42 Å². The van der Waals surface area contributed by atoms with Crippen molar-refractivity contribution in [2.45, 2.75) is 36.1 Å². The third kappa shape index (κ3) is 2.82. The molecule has 0 amide bonds. The molecule has 5 N–H and O–H groups in total. The number of hydrogen-bond donors (Lipinski definition) is 3. The zero-order valence-corrected chi connectivity index (χ0v) is 11.0. The van der Waals surface area contributed by atoms with E-state index in [1.165, 1.54) is 25.0 Å². The van der Waals surface area contributed by atoms with Gasteiger partial charge >= 0.3 is 0 Å². The first-order chi connectivity index (χ1) is 8.45. The summed E-state index contributed by atoms with van der Waals surface area (Å²) in [6.45, 7) is 0.587. The van der Waals surface area contributed by atoms with E-state index >= 15 is 0 Å². The summed E-state index contributed by atoms with van der Waals surface area (Å²) in [7, 11) is -3.62. The summed E-state index contributed by atoms with van der Waals surface area (Å²) in [5.74, 6) is 0. The Balaban J connectivity index is 2.15. The van der Waals surface area contributed by atoms with Crippen LogP contribution in [-0.2, 0) is 10.0 Å². The number of nitrogens with one attached hydrogen (secondary N) is 1. The molecule has 100 valence electrons. The molecule has 0 spiro atoms. The maximum atomic E-state index is 11.1. The predicted molar refractivity (Wildman–Crippen MR) is 71.7 cm³/mol. The Bertz CT molecular complexity index is 505. The van der Waals surface area contributed by atoms with Gasteiger partial charge in [0.15, 0.2) is 0 Å². The van der Waals surface area contributed by atoms with Crippen molar-refractivity contribution in [3.8, 4) is 0 Å². The molecule has 5 nitrogen and oxygen atoms in total. The molecule has 2 rings (SSSR count). The summed E-state index contributed by atoms with van der Waals surface area (Å²) >= 11 is 0. The Morgan fingerprint density at radius 3 is 2.17 bits per heavy atom. The lowest BCUT2D eigenvalue weighted by Gasteiger charge is -2.30. The predicted octanol–water partition coefficient (Wildman–Crippen LogP) is 1.02. The second-order valence-corrected chi connectivity index (χ2v) is 6.45. The zero-order valence-electron chi connectivity index (χ0n) is 10.2. The van der Waals surface area contributed by atoms with Crippen LogP contribution in [0, 0.1) is 0 Å². The van der Waals surface area contributed by atoms with Gasteiger partial charge in [-0.3, -0.25) is 0 Å². The molecule has 1 fully saturated rings. The van der Waals surface area contributed by atoms with Crippen LogP contribution in [0.15, 0.2) is 29.2 Å². The molecule has 0 bridgehead atoms. The van der Waals surface area contributed by atoms with Crippen molar-refractivity contribution in [2.24, 2.45) is 10.9 Å². The minimum absolute atomic E-state index is 0.0386. The summed E-state index contributed by atoms with van der Waals surface area (Å²) in [6, 6.07) is 6.48. The van der Waals surface area contributed by atoms with Crippen molar-refractivity contribution in [1.29, 1.82) is 0 Å². The highest BCUT2D eigenvalue weighted by Gasteiger charge is 2.32. The van der Waals surface area contributed by atoms with Crippen LogP contribution in [0.2, 0.25) is 0 Å². The van der Waals surface area contributed by atoms with Gasteiger partial charge in [0.1, 0.15) is 0 Å². The van der Waals surface area contributed by atoms with E-state index in [0.717, 1.165) is 18.5 Å². The molecule has 1 aromatic carbocycles. The number of sulfonamides is 1. The van der Waals surface area contributed by atoms with Crippen LogP contribution in [0.1, 0.15) is 25.7 Å². The van der Waals surface area contributed by atoms with E-state index in [1.807, 2.05) is 0 Å². The van der Waals surface area contributed by atoms with Crippen LogP contribution < -0.4 is 16.2 Å². The Morgan fingerprint density at radius 2 is 1.72 bits per heavy atom. The minimum Gasteiger partial charge on any atom is -0.378 e. The lowest BCUT2D eigenvalue weighted by molar-refractivity contribution is 0.493. The Hall–Kier alpha value is -1.11. The first-order valence-corrected chi connectivity index (χ1v) is 7.61. The molecule has 1 saturated carbocycles. The van der Waals surface area contributed by atoms with E-state index in [0.29, 0.717) is 6.54 Å². The maximum absolute atomic E-state index is 11.1. The van der Waals surface area contributed by atoms with Crippen molar-refractivity contribution in [3.63, 3.8) is 0 Å². The Labute approximate surface area is 108 Å². The molecule has 0 unspecified atom stereocenters. The van der Waals surface area contributed by atoms with E-state index in [2.05, 4.69) is 5.32 Å². The van der Waals surface area contributed by atoms with Crippen LogP contribution in [0.3, 0.4) is 0 Å². The number of rotatable bonds is 4. The summed E-state index contributed by atoms with van der Waals surface area (Å²) in [6.07, 6.45) is 4.47. The smallest absolute Gasteiger partial charge is 0.238 e. The van der Waals surface area contributed by atoms with Crippen molar-refractivity contribution in [2.75, 3.05) is 11.9 Å². The van der Waals surface area contributed by atoms with E-state index in [-0.39, 0.29) is 10.4 Å². The second-order valence-electron chi connectivity index (χ2n) is 4.89.